The number of carbonyl (C=O) groups excluding carboxylic acids is 2. The molecular weight excluding hydrogens is 290 g/mol. The molecule has 0 N–H and O–H groups in total. The van der Waals surface area contributed by atoms with E-state index in [1.165, 1.54) is 0 Å². The molecular formula is C18H21N3O2. The van der Waals surface area contributed by atoms with Gasteiger partial charge >= 0.3 is 0 Å². The molecule has 0 aliphatic carbocycles. The lowest BCUT2D eigenvalue weighted by Gasteiger charge is -2.34. The summed E-state index contributed by atoms with van der Waals surface area (Å²) in [6.07, 6.45) is 3.69. The van der Waals surface area contributed by atoms with Gasteiger partial charge in [-0.1, -0.05) is 17.7 Å². The molecule has 3 rings (SSSR count). The Hall–Kier alpha value is -2.56. The Labute approximate surface area is 136 Å². The Morgan fingerprint density at radius 1 is 0.913 bits per heavy atom. The molecule has 23 heavy (non-hydrogen) atoms. The summed E-state index contributed by atoms with van der Waals surface area (Å²) in [5.41, 5.74) is 2.49. The van der Waals surface area contributed by atoms with E-state index in [4.69, 9.17) is 0 Å². The first-order valence-electron chi connectivity index (χ1n) is 7.82. The molecule has 0 atom stereocenters. The first kappa shape index (κ1) is 15.3. The maximum atomic E-state index is 12.5. The van der Waals surface area contributed by atoms with Crippen molar-refractivity contribution >= 4 is 11.8 Å². The molecule has 5 nitrogen and oxygen atoms in total. The second-order valence-electron chi connectivity index (χ2n) is 6.02. The van der Waals surface area contributed by atoms with Crippen molar-refractivity contribution in [1.29, 1.82) is 0 Å². The van der Waals surface area contributed by atoms with Crippen LogP contribution in [0.1, 0.15) is 26.3 Å². The Bertz CT molecular complexity index is 727. The summed E-state index contributed by atoms with van der Waals surface area (Å²) in [6, 6.07) is 9.46. The van der Waals surface area contributed by atoms with Gasteiger partial charge in [0, 0.05) is 51.2 Å². The van der Waals surface area contributed by atoms with Gasteiger partial charge in [-0.2, -0.15) is 0 Å². The minimum Gasteiger partial charge on any atom is -0.356 e. The molecule has 1 aromatic carbocycles. The summed E-state index contributed by atoms with van der Waals surface area (Å²) in [5.74, 6) is 0.0776. The Morgan fingerprint density at radius 2 is 1.52 bits per heavy atom. The number of rotatable bonds is 2. The molecule has 1 fully saturated rings. The first-order chi connectivity index (χ1) is 11.0. The molecule has 5 heteroatoms. The van der Waals surface area contributed by atoms with Gasteiger partial charge in [0.25, 0.3) is 11.8 Å². The van der Waals surface area contributed by atoms with Crippen LogP contribution in [0.4, 0.5) is 0 Å². The number of aryl methyl sites for hydroxylation is 2. The van der Waals surface area contributed by atoms with Crippen LogP contribution in [-0.4, -0.2) is 52.4 Å². The molecule has 0 radical (unpaired) electrons. The number of hydrogen-bond donors (Lipinski definition) is 0. The molecule has 1 saturated heterocycles. The zero-order valence-electron chi connectivity index (χ0n) is 13.5. The fraction of sp³-hybridized carbons (Fsp3) is 0.333. The van der Waals surface area contributed by atoms with Crippen molar-refractivity contribution < 1.29 is 9.59 Å². The number of hydrogen-bond acceptors (Lipinski definition) is 2. The van der Waals surface area contributed by atoms with Crippen LogP contribution in [0.3, 0.4) is 0 Å². The van der Waals surface area contributed by atoms with E-state index < -0.39 is 0 Å². The van der Waals surface area contributed by atoms with Crippen LogP contribution in [0.5, 0.6) is 0 Å². The van der Waals surface area contributed by atoms with E-state index in [9.17, 15) is 9.59 Å². The van der Waals surface area contributed by atoms with Crippen LogP contribution in [0.25, 0.3) is 0 Å². The predicted molar refractivity (Wildman–Crippen MR) is 88.4 cm³/mol. The highest BCUT2D eigenvalue weighted by Crippen LogP contribution is 2.13. The van der Waals surface area contributed by atoms with Crippen molar-refractivity contribution in [3.63, 3.8) is 0 Å². The molecule has 2 heterocycles. The number of piperazine rings is 1. The van der Waals surface area contributed by atoms with Crippen LogP contribution in [0, 0.1) is 6.92 Å². The highest BCUT2D eigenvalue weighted by Gasteiger charge is 2.25. The Morgan fingerprint density at radius 3 is 2.04 bits per heavy atom. The molecule has 2 amide bonds. The minimum atomic E-state index is 0.0354. The van der Waals surface area contributed by atoms with E-state index in [2.05, 4.69) is 0 Å². The van der Waals surface area contributed by atoms with Crippen molar-refractivity contribution in [3.05, 3.63) is 59.4 Å². The van der Waals surface area contributed by atoms with Crippen molar-refractivity contribution in [2.75, 3.05) is 26.2 Å². The lowest BCUT2D eigenvalue weighted by molar-refractivity contribution is 0.0535. The van der Waals surface area contributed by atoms with Gasteiger partial charge in [0.1, 0.15) is 0 Å². The average molecular weight is 311 g/mol. The van der Waals surface area contributed by atoms with Crippen molar-refractivity contribution in [3.8, 4) is 0 Å². The normalized spacial score (nSPS) is 14.9. The molecule has 0 saturated carbocycles. The van der Waals surface area contributed by atoms with Crippen LogP contribution >= 0.6 is 0 Å². The lowest BCUT2D eigenvalue weighted by Crippen LogP contribution is -2.50. The van der Waals surface area contributed by atoms with Gasteiger partial charge in [0.2, 0.25) is 0 Å². The van der Waals surface area contributed by atoms with Crippen LogP contribution in [0.15, 0.2) is 42.7 Å². The number of benzene rings is 1. The first-order valence-corrected chi connectivity index (χ1v) is 7.82. The molecule has 1 aromatic heterocycles. The zero-order valence-corrected chi connectivity index (χ0v) is 13.5. The minimum absolute atomic E-state index is 0.0354. The van der Waals surface area contributed by atoms with Gasteiger partial charge in [-0.3, -0.25) is 9.59 Å². The summed E-state index contributed by atoms with van der Waals surface area (Å²) >= 11 is 0. The largest absolute Gasteiger partial charge is 0.356 e. The van der Waals surface area contributed by atoms with Crippen LogP contribution < -0.4 is 0 Å². The van der Waals surface area contributed by atoms with Gasteiger partial charge in [0.05, 0.1) is 5.56 Å². The monoisotopic (exact) mass is 311 g/mol. The van der Waals surface area contributed by atoms with Gasteiger partial charge in [-0.05, 0) is 25.1 Å². The summed E-state index contributed by atoms with van der Waals surface area (Å²) in [5, 5.41) is 0. The SMILES string of the molecule is Cc1cccc(C(=O)N2CCN(C(=O)c3ccn(C)c3)CC2)c1. The highest BCUT2D eigenvalue weighted by atomic mass is 16.2. The van der Waals surface area contributed by atoms with E-state index >= 15 is 0 Å². The van der Waals surface area contributed by atoms with Crippen molar-refractivity contribution in [2.24, 2.45) is 7.05 Å². The Kier molecular flexibility index (Phi) is 4.19. The summed E-state index contributed by atoms with van der Waals surface area (Å²) in [6.45, 7) is 4.28. The standard InChI is InChI=1S/C18H21N3O2/c1-14-4-3-5-15(12-14)17(22)20-8-10-21(11-9-20)18(23)16-6-7-19(2)13-16/h3-7,12-13H,8-11H2,1-2H3. The summed E-state index contributed by atoms with van der Waals surface area (Å²) in [7, 11) is 1.90. The second kappa shape index (κ2) is 6.28. The second-order valence-corrected chi connectivity index (χ2v) is 6.02. The number of amides is 2. The molecule has 1 aliphatic heterocycles. The fourth-order valence-corrected chi connectivity index (χ4v) is 2.89. The quantitative estimate of drug-likeness (QED) is 0.851. The maximum absolute atomic E-state index is 12.5. The zero-order chi connectivity index (χ0) is 16.4. The topological polar surface area (TPSA) is 45.6 Å². The number of nitrogens with zero attached hydrogens (tertiary/aromatic N) is 3. The van der Waals surface area contributed by atoms with Crippen molar-refractivity contribution in [2.45, 2.75) is 6.92 Å². The molecule has 0 unspecified atom stereocenters. The number of aromatic nitrogens is 1. The molecule has 2 aromatic rings. The van der Waals surface area contributed by atoms with Crippen molar-refractivity contribution in [1.82, 2.24) is 14.4 Å². The van der Waals surface area contributed by atoms with Gasteiger partial charge < -0.3 is 14.4 Å². The van der Waals surface area contributed by atoms with Crippen LogP contribution in [0.2, 0.25) is 0 Å². The third-order valence-corrected chi connectivity index (χ3v) is 4.20. The number of carbonyl (C=O) groups is 2. The van der Waals surface area contributed by atoms with Gasteiger partial charge in [0.15, 0.2) is 0 Å². The van der Waals surface area contributed by atoms with Gasteiger partial charge in [-0.15, -0.1) is 0 Å². The smallest absolute Gasteiger partial charge is 0.255 e. The van der Waals surface area contributed by atoms with Crippen LogP contribution in [-0.2, 0) is 7.05 Å². The lowest BCUT2D eigenvalue weighted by atomic mass is 10.1. The highest BCUT2D eigenvalue weighted by molar-refractivity contribution is 5.96. The van der Waals surface area contributed by atoms with E-state index in [-0.39, 0.29) is 11.8 Å². The van der Waals surface area contributed by atoms with E-state index in [1.807, 2.05) is 71.1 Å². The summed E-state index contributed by atoms with van der Waals surface area (Å²) < 4.78 is 1.87. The van der Waals surface area contributed by atoms with Gasteiger partial charge in [-0.25, -0.2) is 0 Å². The molecule has 120 valence electrons. The average Bonchev–Trinajstić information content (AvgIpc) is 3.00. The summed E-state index contributed by atoms with van der Waals surface area (Å²) in [4.78, 5) is 28.6. The third kappa shape index (κ3) is 3.28. The van der Waals surface area contributed by atoms with E-state index in [0.717, 1.165) is 5.56 Å². The molecule has 0 spiro atoms. The molecule has 1 aliphatic rings. The molecule has 0 bridgehead atoms. The van der Waals surface area contributed by atoms with E-state index in [1.54, 1.807) is 0 Å². The Balaban J connectivity index is 1.62. The third-order valence-electron chi connectivity index (χ3n) is 4.20. The fourth-order valence-electron chi connectivity index (χ4n) is 2.89. The predicted octanol–water partition coefficient (Wildman–Crippen LogP) is 1.93. The van der Waals surface area contributed by atoms with E-state index in [0.29, 0.717) is 37.3 Å². The maximum Gasteiger partial charge on any atom is 0.255 e.